The fourth-order valence-electron chi connectivity index (χ4n) is 4.67. The summed E-state index contributed by atoms with van der Waals surface area (Å²) >= 11 is 0. The molecule has 5 rings (SSSR count). The van der Waals surface area contributed by atoms with E-state index in [1.54, 1.807) is 18.3 Å². The molecule has 12 heteroatoms. The van der Waals surface area contributed by atoms with Gasteiger partial charge in [-0.3, -0.25) is 0 Å². The van der Waals surface area contributed by atoms with E-state index in [1.807, 2.05) is 12.4 Å². The van der Waals surface area contributed by atoms with Gasteiger partial charge >= 0.3 is 5.69 Å². The third kappa shape index (κ3) is 5.08. The second-order valence-corrected chi connectivity index (χ2v) is 9.31. The van der Waals surface area contributed by atoms with Gasteiger partial charge in [0.15, 0.2) is 0 Å². The fraction of sp³-hybridized carbons (Fsp3) is 0.333. The largest absolute Gasteiger partial charge is 0.362 e. The average molecular weight is 530 g/mol. The van der Waals surface area contributed by atoms with Crippen LogP contribution in [0.5, 0.6) is 0 Å². The maximum atomic E-state index is 15.1. The van der Waals surface area contributed by atoms with Gasteiger partial charge in [0.05, 0.1) is 11.3 Å². The Balaban J connectivity index is 1.36. The van der Waals surface area contributed by atoms with Gasteiger partial charge in [-0.15, -0.1) is 0 Å². The lowest BCUT2D eigenvalue weighted by atomic mass is 10.0. The summed E-state index contributed by atoms with van der Waals surface area (Å²) in [6, 6.07) is 8.53. The first-order valence-electron chi connectivity index (χ1n) is 12.6. The number of methoxy groups -OCH3 is 1. The van der Waals surface area contributed by atoms with Crippen LogP contribution >= 0.6 is 0 Å². The molecule has 0 saturated carbocycles. The molecule has 4 aromatic rings. The molecule has 1 aromatic carbocycles. The Labute approximate surface area is 224 Å². The average Bonchev–Trinajstić information content (AvgIpc) is 3.32. The summed E-state index contributed by atoms with van der Waals surface area (Å²) in [5, 5.41) is 13.9. The second-order valence-electron chi connectivity index (χ2n) is 9.31. The first-order valence-corrected chi connectivity index (χ1v) is 12.6. The van der Waals surface area contributed by atoms with E-state index in [0.717, 1.165) is 21.2 Å². The molecule has 0 aliphatic carbocycles. The molecule has 3 aromatic heterocycles. The highest BCUT2D eigenvalue weighted by atomic mass is 19.1. The van der Waals surface area contributed by atoms with E-state index < -0.39 is 11.5 Å². The lowest BCUT2D eigenvalue weighted by molar-refractivity contribution is 0.117. The third-order valence-electron chi connectivity index (χ3n) is 6.79. The Morgan fingerprint density at radius 2 is 1.92 bits per heavy atom. The highest BCUT2D eigenvalue weighted by Crippen LogP contribution is 2.29. The zero-order valence-electron chi connectivity index (χ0n) is 22.0. The quantitative estimate of drug-likeness (QED) is 0.356. The van der Waals surface area contributed by atoms with Crippen molar-refractivity contribution in [2.45, 2.75) is 33.0 Å². The van der Waals surface area contributed by atoms with Crippen molar-refractivity contribution in [1.82, 2.24) is 29.3 Å². The van der Waals surface area contributed by atoms with Gasteiger partial charge in [0, 0.05) is 56.9 Å². The fourth-order valence-corrected chi connectivity index (χ4v) is 4.67. The number of aromatic nitrogens is 6. The van der Waals surface area contributed by atoms with Crippen LogP contribution in [0.2, 0.25) is 0 Å². The highest BCUT2D eigenvalue weighted by Gasteiger charge is 2.28. The summed E-state index contributed by atoms with van der Waals surface area (Å²) in [6.07, 6.45) is 7.49. The number of nitriles is 1. The number of aryl methyl sites for hydroxylation is 1. The van der Waals surface area contributed by atoms with E-state index in [1.165, 1.54) is 25.6 Å². The lowest BCUT2D eigenvalue weighted by Crippen LogP contribution is -2.53. The monoisotopic (exact) mass is 529 g/mol. The van der Waals surface area contributed by atoms with Crippen molar-refractivity contribution in [2.75, 3.05) is 36.5 Å². The molecule has 1 aliphatic rings. The molecule has 11 nitrogen and oxygen atoms in total. The van der Waals surface area contributed by atoms with E-state index >= 15 is 4.39 Å². The number of pyridine rings is 1. The molecule has 1 fully saturated rings. The van der Waals surface area contributed by atoms with Gasteiger partial charge in [0.2, 0.25) is 5.95 Å². The molecule has 0 N–H and O–H groups in total. The van der Waals surface area contributed by atoms with Gasteiger partial charge in [0.25, 0.3) is 0 Å². The van der Waals surface area contributed by atoms with E-state index in [4.69, 9.17) is 4.74 Å². The smallest absolute Gasteiger partial charge is 0.352 e. The standard InChI is InChI=1S/C27H28FN9O2/c1-4-19-12-31-26(32-13-19)34-7-8-35(18(2)15-34)25-21(11-29)9-22(14-30-25)20-5-6-24(23(28)10-20)36-16-33-37(17-39-3)27(36)38/h5-6,9-10,12-14,16,18H,4,7-8,15,17H2,1-3H3/t18-/m0/s1. The van der Waals surface area contributed by atoms with Gasteiger partial charge in [-0.25, -0.2) is 28.7 Å². The molecule has 4 heterocycles. The molecule has 0 radical (unpaired) electrons. The number of anilines is 2. The molecule has 0 unspecified atom stereocenters. The van der Waals surface area contributed by atoms with Gasteiger partial charge in [0.1, 0.15) is 30.8 Å². The minimum absolute atomic E-state index is 0.0337. The summed E-state index contributed by atoms with van der Waals surface area (Å²) in [7, 11) is 1.44. The maximum Gasteiger partial charge on any atom is 0.352 e. The summed E-state index contributed by atoms with van der Waals surface area (Å²) in [6.45, 7) is 6.14. The van der Waals surface area contributed by atoms with Crippen molar-refractivity contribution < 1.29 is 9.13 Å². The van der Waals surface area contributed by atoms with Crippen LogP contribution in [0, 0.1) is 17.1 Å². The lowest BCUT2D eigenvalue weighted by Gasteiger charge is -2.40. The number of nitrogens with zero attached hydrogens (tertiary/aromatic N) is 9. The number of hydrogen-bond acceptors (Lipinski definition) is 9. The molecule has 1 aliphatic heterocycles. The van der Waals surface area contributed by atoms with Crippen molar-refractivity contribution in [2.24, 2.45) is 0 Å². The van der Waals surface area contributed by atoms with Crippen LogP contribution in [-0.4, -0.2) is 62.1 Å². The number of rotatable bonds is 7. The SMILES string of the molecule is CCc1cnc(N2CCN(c3ncc(-c4ccc(-n5cnn(COC)c5=O)c(F)c4)cc3C#N)[C@@H](C)C2)nc1. The topological polar surface area (TPSA) is 118 Å². The molecule has 200 valence electrons. The van der Waals surface area contributed by atoms with Crippen molar-refractivity contribution in [1.29, 1.82) is 5.26 Å². The molecular formula is C27H28FN9O2. The van der Waals surface area contributed by atoms with Crippen molar-refractivity contribution >= 4 is 11.8 Å². The molecule has 0 amide bonds. The summed E-state index contributed by atoms with van der Waals surface area (Å²) < 4.78 is 22.2. The number of halogens is 1. The van der Waals surface area contributed by atoms with Gasteiger partial charge < -0.3 is 14.5 Å². The molecule has 0 spiro atoms. The summed E-state index contributed by atoms with van der Waals surface area (Å²) in [5.74, 6) is 0.680. The Morgan fingerprint density at radius 1 is 1.13 bits per heavy atom. The van der Waals surface area contributed by atoms with Crippen LogP contribution in [0.3, 0.4) is 0 Å². The minimum Gasteiger partial charge on any atom is -0.362 e. The van der Waals surface area contributed by atoms with Gasteiger partial charge in [-0.1, -0.05) is 13.0 Å². The van der Waals surface area contributed by atoms with Crippen LogP contribution in [0.25, 0.3) is 16.8 Å². The number of ether oxygens (including phenoxy) is 1. The van der Waals surface area contributed by atoms with Gasteiger partial charge in [-0.05, 0) is 42.7 Å². The normalized spacial score (nSPS) is 15.4. The van der Waals surface area contributed by atoms with Crippen LogP contribution in [-0.2, 0) is 17.9 Å². The Morgan fingerprint density at radius 3 is 2.59 bits per heavy atom. The predicted molar refractivity (Wildman–Crippen MR) is 143 cm³/mol. The minimum atomic E-state index is -0.604. The van der Waals surface area contributed by atoms with Crippen LogP contribution in [0.4, 0.5) is 16.2 Å². The van der Waals surface area contributed by atoms with Crippen molar-refractivity contribution in [3.63, 3.8) is 0 Å². The maximum absolute atomic E-state index is 15.1. The number of piperazine rings is 1. The number of benzene rings is 1. The molecule has 0 bridgehead atoms. The van der Waals surface area contributed by atoms with Crippen LogP contribution in [0.1, 0.15) is 25.0 Å². The molecule has 39 heavy (non-hydrogen) atoms. The summed E-state index contributed by atoms with van der Waals surface area (Å²) in [5.41, 5.74) is 2.18. The first kappa shape index (κ1) is 26.0. The Hall–Kier alpha value is -4.63. The Bertz CT molecular complexity index is 1580. The van der Waals surface area contributed by atoms with E-state index in [2.05, 4.69) is 49.8 Å². The van der Waals surface area contributed by atoms with E-state index in [9.17, 15) is 10.1 Å². The zero-order valence-corrected chi connectivity index (χ0v) is 22.0. The van der Waals surface area contributed by atoms with Crippen molar-refractivity contribution in [3.8, 4) is 22.9 Å². The number of hydrogen-bond donors (Lipinski definition) is 0. The molecule has 1 saturated heterocycles. The van der Waals surface area contributed by atoms with Crippen molar-refractivity contribution in [3.05, 3.63) is 76.6 Å². The highest BCUT2D eigenvalue weighted by molar-refractivity contribution is 5.69. The Kier molecular flexibility index (Phi) is 7.33. The predicted octanol–water partition coefficient (Wildman–Crippen LogP) is 2.78. The zero-order chi connectivity index (χ0) is 27.5. The van der Waals surface area contributed by atoms with Crippen LogP contribution < -0.4 is 15.5 Å². The summed E-state index contributed by atoms with van der Waals surface area (Å²) in [4.78, 5) is 30.3. The van der Waals surface area contributed by atoms with E-state index in [-0.39, 0.29) is 18.5 Å². The van der Waals surface area contributed by atoms with E-state index in [0.29, 0.717) is 48.1 Å². The van der Waals surface area contributed by atoms with Gasteiger partial charge in [-0.2, -0.15) is 15.0 Å². The third-order valence-corrected chi connectivity index (χ3v) is 6.79. The molecule has 1 atom stereocenters. The second kappa shape index (κ2) is 11.0. The first-order chi connectivity index (χ1) is 18.9. The molecular weight excluding hydrogens is 501 g/mol. The van der Waals surface area contributed by atoms with Crippen LogP contribution in [0.15, 0.2) is 54.0 Å².